The number of amides is 1. The predicted octanol–water partition coefficient (Wildman–Crippen LogP) is 10.2. The minimum Gasteiger partial charge on any atom is -0.462 e. The van der Waals surface area contributed by atoms with Gasteiger partial charge in [-0.15, -0.1) is 0 Å². The highest BCUT2D eigenvalue weighted by molar-refractivity contribution is 9.10. The van der Waals surface area contributed by atoms with Crippen LogP contribution in [0, 0.1) is 13.8 Å². The summed E-state index contributed by atoms with van der Waals surface area (Å²) in [4.78, 5) is 53.3. The number of nitrogens with zero attached hydrogens (tertiary/aromatic N) is 10. The van der Waals surface area contributed by atoms with Crippen molar-refractivity contribution in [3.05, 3.63) is 186 Å². The first-order valence-electron chi connectivity index (χ1n) is 23.8. The van der Waals surface area contributed by atoms with Gasteiger partial charge >= 0.3 is 11.9 Å². The molecule has 0 aliphatic carbocycles. The minimum atomic E-state index is -0.467. The van der Waals surface area contributed by atoms with Crippen molar-refractivity contribution >= 4 is 119 Å². The highest BCUT2D eigenvalue weighted by atomic mass is 79.9. The molecule has 0 aliphatic heterocycles. The topological polar surface area (TPSA) is 265 Å². The van der Waals surface area contributed by atoms with Gasteiger partial charge in [0.1, 0.15) is 27.1 Å². The van der Waals surface area contributed by atoms with Gasteiger partial charge in [0.15, 0.2) is 11.6 Å². The summed E-state index contributed by atoms with van der Waals surface area (Å²) in [6.07, 6.45) is 9.76. The first-order valence-corrected chi connectivity index (χ1v) is 25.7. The third-order valence-corrected chi connectivity index (χ3v) is 12.9. The van der Waals surface area contributed by atoms with Crippen molar-refractivity contribution in [1.29, 1.82) is 0 Å². The van der Waals surface area contributed by atoms with Crippen LogP contribution in [0.25, 0.3) is 32.7 Å². The van der Waals surface area contributed by atoms with Crippen molar-refractivity contribution < 1.29 is 23.9 Å². The fourth-order valence-corrected chi connectivity index (χ4v) is 9.10. The molecular weight excluding hydrogens is 1110 g/mol. The Morgan fingerprint density at radius 2 is 1.00 bits per heavy atom. The molecule has 0 saturated heterocycles. The van der Waals surface area contributed by atoms with Crippen molar-refractivity contribution in [1.82, 2.24) is 54.6 Å². The number of aryl methyl sites for hydroxylation is 2. The molecule has 0 spiro atoms. The van der Waals surface area contributed by atoms with E-state index in [4.69, 9.17) is 61.5 Å². The summed E-state index contributed by atoms with van der Waals surface area (Å²) >= 11 is 21.3. The number of aromatic nitrogens is 10. The molecule has 0 aliphatic rings. The van der Waals surface area contributed by atoms with E-state index in [2.05, 4.69) is 56.5 Å². The maximum absolute atomic E-state index is 12.7. The Morgan fingerprint density at radius 3 is 1.45 bits per heavy atom. The molecule has 23 heteroatoms. The zero-order chi connectivity index (χ0) is 54.9. The smallest absolute Gasteiger partial charge is 0.343 e. The number of halogens is 4. The maximum atomic E-state index is 12.7. The number of pyridine rings is 4. The molecule has 7 aromatic heterocycles. The number of nitrogens with two attached hydrogens (primary N) is 3. The first kappa shape index (κ1) is 55.1. The number of nitrogen functional groups attached to an aromatic ring is 3. The summed E-state index contributed by atoms with van der Waals surface area (Å²) < 4.78 is 15.4. The van der Waals surface area contributed by atoms with E-state index >= 15 is 0 Å². The molecule has 7 heterocycles. The first-order chi connectivity index (χ1) is 36.9. The number of ether oxygens (including phenoxy) is 2. The van der Waals surface area contributed by atoms with E-state index in [0.717, 1.165) is 66.2 Å². The lowest BCUT2D eigenvalue weighted by atomic mass is 10.1. The third kappa shape index (κ3) is 14.0. The zero-order valence-electron chi connectivity index (χ0n) is 42.0. The Morgan fingerprint density at radius 1 is 0.584 bits per heavy atom. The van der Waals surface area contributed by atoms with Crippen molar-refractivity contribution in [2.24, 2.45) is 0 Å². The summed E-state index contributed by atoms with van der Waals surface area (Å²) in [5, 5.41) is 20.2. The van der Waals surface area contributed by atoms with Gasteiger partial charge in [0, 0.05) is 65.6 Å². The number of carbonyl (C=O) groups excluding carboxylic acids is 3. The molecule has 10 aromatic rings. The normalized spacial score (nSPS) is 11.0. The second kappa shape index (κ2) is 24.7. The van der Waals surface area contributed by atoms with Gasteiger partial charge < -0.3 is 32.0 Å². The Balaban J connectivity index is 0.000000155. The number of benzene rings is 3. The van der Waals surface area contributed by atoms with Crippen LogP contribution in [0.3, 0.4) is 0 Å². The van der Waals surface area contributed by atoms with Crippen LogP contribution in [-0.2, 0) is 35.7 Å². The van der Waals surface area contributed by atoms with Crippen LogP contribution in [0.5, 0.6) is 0 Å². The van der Waals surface area contributed by atoms with Crippen LogP contribution in [0.15, 0.2) is 121 Å². The van der Waals surface area contributed by atoms with E-state index in [1.807, 2.05) is 86.6 Å². The summed E-state index contributed by atoms with van der Waals surface area (Å²) in [7, 11) is 0. The lowest BCUT2D eigenvalue weighted by Crippen LogP contribution is -2.24. The average molecular weight is 1160 g/mol. The van der Waals surface area contributed by atoms with Crippen LogP contribution in [0.4, 0.5) is 17.5 Å². The van der Waals surface area contributed by atoms with Gasteiger partial charge in [-0.3, -0.25) is 33.8 Å². The highest BCUT2D eigenvalue weighted by Gasteiger charge is 2.19. The molecule has 394 valence electrons. The number of fused-ring (bicyclic) bond motifs is 3. The number of hydrogen-bond donors (Lipinski definition) is 4. The number of carbonyl (C=O) groups is 3. The summed E-state index contributed by atoms with van der Waals surface area (Å²) in [5.41, 5.74) is 26.9. The number of hydrogen-bond acceptors (Lipinski definition) is 15. The van der Waals surface area contributed by atoms with Crippen LogP contribution in [0.1, 0.15) is 78.4 Å². The van der Waals surface area contributed by atoms with Crippen molar-refractivity contribution in [3.8, 4) is 0 Å². The second-order valence-corrected chi connectivity index (χ2v) is 19.4. The van der Waals surface area contributed by atoms with E-state index in [1.165, 1.54) is 0 Å². The molecule has 0 bridgehead atoms. The Hall–Kier alpha value is -8.17. The summed E-state index contributed by atoms with van der Waals surface area (Å²) in [6, 6.07) is 25.0. The van der Waals surface area contributed by atoms with Crippen LogP contribution in [0.2, 0.25) is 15.1 Å². The van der Waals surface area contributed by atoms with Crippen molar-refractivity contribution in [2.75, 3.05) is 30.4 Å². The molecule has 0 radical (unpaired) electrons. The maximum Gasteiger partial charge on any atom is 0.343 e. The molecule has 0 fully saturated rings. The van der Waals surface area contributed by atoms with Crippen molar-refractivity contribution in [3.63, 3.8) is 0 Å². The van der Waals surface area contributed by atoms with Gasteiger partial charge in [-0.05, 0) is 132 Å². The fraction of sp³-hybridized carbons (Fsp3) is 0.185. The lowest BCUT2D eigenvalue weighted by Gasteiger charge is -2.11. The quantitative estimate of drug-likeness (QED) is 0.0782. The van der Waals surface area contributed by atoms with E-state index in [9.17, 15) is 14.4 Å². The molecule has 0 unspecified atom stereocenters. The second-order valence-electron chi connectivity index (χ2n) is 17.4. The number of anilines is 3. The van der Waals surface area contributed by atoms with Gasteiger partial charge in [0.2, 0.25) is 0 Å². The molecular formula is C54H50BrCl3N14O5. The molecule has 0 saturated carbocycles. The van der Waals surface area contributed by atoms with Crippen LogP contribution in [-0.4, -0.2) is 80.3 Å². The van der Waals surface area contributed by atoms with E-state index in [1.54, 1.807) is 71.1 Å². The summed E-state index contributed by atoms with van der Waals surface area (Å²) in [5.74, 6) is -0.358. The van der Waals surface area contributed by atoms with Crippen molar-refractivity contribution in [2.45, 2.75) is 53.9 Å². The molecule has 3 aromatic carbocycles. The monoisotopic (exact) mass is 1160 g/mol. The van der Waals surface area contributed by atoms with Crippen LogP contribution >= 0.6 is 50.7 Å². The van der Waals surface area contributed by atoms with Crippen LogP contribution < -0.4 is 22.5 Å². The third-order valence-electron chi connectivity index (χ3n) is 11.7. The van der Waals surface area contributed by atoms with Gasteiger partial charge in [-0.1, -0.05) is 53.0 Å². The minimum absolute atomic E-state index is 0.161. The van der Waals surface area contributed by atoms with E-state index in [-0.39, 0.29) is 29.1 Å². The SMILES string of the molecule is CCOC(=O)c1cn(Cc2ccc3ncc(Cl)cc3c2)nc1Br.CCOC(=O)c1cn(Cc2ccc3ncc(Cl)cc3c2)nc1N.Cc1cc(N)nc(C)c1CNC(=O)c1cn(Cc2ccc3ncc(Cl)cc3c2)nc1N. The lowest BCUT2D eigenvalue weighted by molar-refractivity contribution is 0.0516. The van der Waals surface area contributed by atoms with Gasteiger partial charge in [-0.25, -0.2) is 14.6 Å². The number of rotatable bonds is 13. The fourth-order valence-electron chi connectivity index (χ4n) is 8.14. The molecule has 77 heavy (non-hydrogen) atoms. The Labute approximate surface area is 464 Å². The largest absolute Gasteiger partial charge is 0.462 e. The summed E-state index contributed by atoms with van der Waals surface area (Å²) in [6.45, 7) is 9.72. The Bertz CT molecular complexity index is 3660. The zero-order valence-corrected chi connectivity index (χ0v) is 45.8. The van der Waals surface area contributed by atoms with Gasteiger partial charge in [0.05, 0.1) is 64.5 Å². The van der Waals surface area contributed by atoms with E-state index < -0.39 is 5.97 Å². The van der Waals surface area contributed by atoms with Gasteiger partial charge in [0.25, 0.3) is 5.91 Å². The molecule has 0 atom stereocenters. The number of esters is 2. The average Bonchev–Trinajstić information content (AvgIpc) is 4.08. The standard InChI is InChI=1S/C22H22ClN7O.C16H13BrClN3O2.C16H15ClN4O2/c1-12-5-20(24)28-13(2)17(12)9-27-22(31)18-11-30(29-21(18)25)10-14-3-4-19-15(6-14)7-16(23)8-26-19;1-2-23-16(22)13-9-21(20-15(13)17)8-10-3-4-14-11(5-10)6-12(18)7-19-14;1-2-23-16(22)13-9-21(20-15(13)18)8-10-3-4-14-11(5-10)6-12(17)7-19-14/h3-8,11H,9-10H2,1-2H3,(H2,24,28)(H2,25,29)(H,27,31);3-7,9H,2,8H2,1H3;3-7,9H,2,8H2,1H3,(H2,18,20). The van der Waals surface area contributed by atoms with E-state index in [0.29, 0.717) is 76.0 Å². The highest BCUT2D eigenvalue weighted by Crippen LogP contribution is 2.24. The number of nitrogens with one attached hydrogen (secondary N) is 1. The molecule has 19 nitrogen and oxygen atoms in total. The molecule has 7 N–H and O–H groups in total. The molecule has 10 rings (SSSR count). The van der Waals surface area contributed by atoms with Gasteiger partial charge in [-0.2, -0.15) is 15.3 Å². The predicted molar refractivity (Wildman–Crippen MR) is 302 cm³/mol. The molecule has 1 amide bonds. The Kier molecular flexibility index (Phi) is 17.6.